The van der Waals surface area contributed by atoms with E-state index >= 15 is 0 Å². The van der Waals surface area contributed by atoms with Crippen molar-refractivity contribution in [3.05, 3.63) is 34.9 Å². The molecule has 1 atom stereocenters. The highest BCUT2D eigenvalue weighted by Gasteiger charge is 2.32. The van der Waals surface area contributed by atoms with Crippen LogP contribution in [-0.4, -0.2) is 5.97 Å². The molecule has 1 unspecified atom stereocenters. The monoisotopic (exact) mass is 302 g/mol. The molecule has 0 saturated carbocycles. The van der Waals surface area contributed by atoms with Crippen LogP contribution in [0.5, 0.6) is 0 Å². The first-order chi connectivity index (χ1) is 9.65. The summed E-state index contributed by atoms with van der Waals surface area (Å²) in [5.41, 5.74) is 0.175. The van der Waals surface area contributed by atoms with Crippen LogP contribution in [0.4, 0.5) is 13.2 Å². The van der Waals surface area contributed by atoms with Crippen LogP contribution < -0.4 is 0 Å². The van der Waals surface area contributed by atoms with Crippen LogP contribution in [0.25, 0.3) is 0 Å². The van der Waals surface area contributed by atoms with Gasteiger partial charge in [-0.15, -0.1) is 0 Å². The molecule has 0 saturated heterocycles. The molecule has 1 aromatic rings. The lowest BCUT2D eigenvalue weighted by atomic mass is 9.95. The van der Waals surface area contributed by atoms with Gasteiger partial charge in [0.25, 0.3) is 0 Å². The van der Waals surface area contributed by atoms with Gasteiger partial charge in [0, 0.05) is 6.42 Å². The Balaban J connectivity index is 3.14. The van der Waals surface area contributed by atoms with E-state index in [-0.39, 0.29) is 18.3 Å². The van der Waals surface area contributed by atoms with Gasteiger partial charge in [-0.25, -0.2) is 0 Å². The molecule has 21 heavy (non-hydrogen) atoms. The Labute approximate surface area is 123 Å². The fourth-order valence-corrected chi connectivity index (χ4v) is 2.13. The third-order valence-electron chi connectivity index (χ3n) is 3.07. The number of rotatable bonds is 5. The van der Waals surface area contributed by atoms with Crippen LogP contribution >= 0.6 is 0 Å². The number of halogens is 3. The summed E-state index contributed by atoms with van der Waals surface area (Å²) in [6.07, 6.45) is -4.16. The number of esters is 1. The second-order valence-electron chi connectivity index (χ2n) is 5.53. The van der Waals surface area contributed by atoms with Crippen LogP contribution in [0.1, 0.15) is 56.4 Å². The van der Waals surface area contributed by atoms with E-state index in [4.69, 9.17) is 4.74 Å². The fraction of sp³-hybridized carbons (Fsp3) is 0.562. The van der Waals surface area contributed by atoms with Crippen molar-refractivity contribution in [1.82, 2.24) is 0 Å². The zero-order valence-corrected chi connectivity index (χ0v) is 12.8. The number of benzene rings is 1. The first-order valence-electron chi connectivity index (χ1n) is 7.03. The van der Waals surface area contributed by atoms with Gasteiger partial charge >= 0.3 is 12.1 Å². The average molecular weight is 302 g/mol. The molecular formula is C16H21F3O2. The van der Waals surface area contributed by atoms with Crippen molar-refractivity contribution in [3.63, 3.8) is 0 Å². The molecule has 118 valence electrons. The Morgan fingerprint density at radius 2 is 1.86 bits per heavy atom. The Morgan fingerprint density at radius 1 is 1.24 bits per heavy atom. The number of carbonyl (C=O) groups excluding carboxylic acids is 1. The van der Waals surface area contributed by atoms with Crippen LogP contribution in [0.15, 0.2) is 18.2 Å². The molecule has 2 nitrogen and oxygen atoms in total. The molecule has 1 aromatic carbocycles. The van der Waals surface area contributed by atoms with E-state index in [9.17, 15) is 18.0 Å². The van der Waals surface area contributed by atoms with E-state index < -0.39 is 17.8 Å². The van der Waals surface area contributed by atoms with Gasteiger partial charge in [0.2, 0.25) is 0 Å². The predicted octanol–water partition coefficient (Wildman–Crippen LogP) is 5.05. The number of aryl methyl sites for hydroxylation is 1. The fourth-order valence-electron chi connectivity index (χ4n) is 2.13. The number of hydrogen-bond donors (Lipinski definition) is 0. The molecular weight excluding hydrogens is 281 g/mol. The topological polar surface area (TPSA) is 26.3 Å². The zero-order valence-electron chi connectivity index (χ0n) is 12.8. The largest absolute Gasteiger partial charge is 0.457 e. The Kier molecular flexibility index (Phi) is 5.81. The Bertz CT molecular complexity index is 493. The maximum atomic E-state index is 12.9. The lowest BCUT2D eigenvalue weighted by molar-refractivity contribution is -0.151. The minimum atomic E-state index is -4.41. The molecule has 0 heterocycles. The van der Waals surface area contributed by atoms with E-state index in [0.717, 1.165) is 12.1 Å². The van der Waals surface area contributed by atoms with Gasteiger partial charge < -0.3 is 4.74 Å². The summed E-state index contributed by atoms with van der Waals surface area (Å²) in [6.45, 7) is 7.09. The normalized spacial score (nSPS) is 13.3. The van der Waals surface area contributed by atoms with Crippen molar-refractivity contribution >= 4 is 5.97 Å². The quantitative estimate of drug-likeness (QED) is 0.711. The second-order valence-corrected chi connectivity index (χ2v) is 5.53. The minimum absolute atomic E-state index is 0.103. The maximum absolute atomic E-state index is 12.9. The molecule has 0 bridgehead atoms. The van der Waals surface area contributed by atoms with Gasteiger partial charge in [-0.05, 0) is 37.0 Å². The summed E-state index contributed by atoms with van der Waals surface area (Å²) in [4.78, 5) is 11.7. The summed E-state index contributed by atoms with van der Waals surface area (Å²) in [7, 11) is 0. The average Bonchev–Trinajstić information content (AvgIpc) is 2.34. The minimum Gasteiger partial charge on any atom is -0.457 e. The molecule has 0 radical (unpaired) electrons. The summed E-state index contributed by atoms with van der Waals surface area (Å²) >= 11 is 0. The second kappa shape index (κ2) is 6.96. The molecule has 0 aliphatic carbocycles. The highest BCUT2D eigenvalue weighted by molar-refractivity contribution is 5.69. The van der Waals surface area contributed by atoms with E-state index in [1.165, 1.54) is 0 Å². The van der Waals surface area contributed by atoms with Crippen molar-refractivity contribution in [2.45, 2.75) is 52.8 Å². The highest BCUT2D eigenvalue weighted by atomic mass is 19.4. The van der Waals surface area contributed by atoms with Crippen LogP contribution in [0.2, 0.25) is 0 Å². The molecule has 1 rings (SSSR count). The summed E-state index contributed by atoms with van der Waals surface area (Å²) in [5.74, 6) is -0.486. The summed E-state index contributed by atoms with van der Waals surface area (Å²) in [5, 5.41) is 0. The number of ether oxygens (including phenoxy) is 1. The lowest BCUT2D eigenvalue weighted by Crippen LogP contribution is -2.17. The smallest absolute Gasteiger partial charge is 0.416 e. The van der Waals surface area contributed by atoms with Crippen molar-refractivity contribution < 1.29 is 22.7 Å². The molecule has 0 amide bonds. The van der Waals surface area contributed by atoms with Gasteiger partial charge in [0.1, 0.15) is 6.10 Å². The molecule has 0 fully saturated rings. The first-order valence-corrected chi connectivity index (χ1v) is 7.03. The molecule has 5 heteroatoms. The third-order valence-corrected chi connectivity index (χ3v) is 3.07. The summed E-state index contributed by atoms with van der Waals surface area (Å²) < 4.78 is 44.0. The first kappa shape index (κ1) is 17.5. The maximum Gasteiger partial charge on any atom is 0.416 e. The third kappa shape index (κ3) is 5.06. The van der Waals surface area contributed by atoms with Gasteiger partial charge in [0.15, 0.2) is 0 Å². The zero-order chi connectivity index (χ0) is 16.2. The summed E-state index contributed by atoms with van der Waals surface area (Å²) in [6, 6.07) is 3.80. The number of hydrogen-bond acceptors (Lipinski definition) is 2. The van der Waals surface area contributed by atoms with Gasteiger partial charge in [0.05, 0.1) is 5.56 Å². The molecule has 0 aliphatic heterocycles. The van der Waals surface area contributed by atoms with Crippen molar-refractivity contribution in [3.8, 4) is 0 Å². The van der Waals surface area contributed by atoms with Gasteiger partial charge in [-0.2, -0.15) is 13.2 Å². The van der Waals surface area contributed by atoms with E-state index in [0.29, 0.717) is 17.5 Å². The van der Waals surface area contributed by atoms with Crippen LogP contribution in [0, 0.1) is 12.8 Å². The van der Waals surface area contributed by atoms with Crippen LogP contribution in [-0.2, 0) is 15.7 Å². The van der Waals surface area contributed by atoms with E-state index in [1.807, 2.05) is 20.8 Å². The lowest BCUT2D eigenvalue weighted by Gasteiger charge is -2.23. The molecule has 0 aliphatic rings. The van der Waals surface area contributed by atoms with E-state index in [2.05, 4.69) is 0 Å². The van der Waals surface area contributed by atoms with Crippen molar-refractivity contribution in [2.75, 3.05) is 0 Å². The Morgan fingerprint density at radius 3 is 2.33 bits per heavy atom. The predicted molar refractivity (Wildman–Crippen MR) is 74.8 cm³/mol. The standard InChI is InChI=1S/C16H21F3O2/c1-5-6-14(20)21-15(10(2)3)12-7-11(4)8-13(9-12)16(17,18)19/h7-10,15H,5-6H2,1-4H3. The van der Waals surface area contributed by atoms with Gasteiger partial charge in [-0.1, -0.05) is 32.4 Å². The van der Waals surface area contributed by atoms with Crippen molar-refractivity contribution in [2.24, 2.45) is 5.92 Å². The molecule has 0 spiro atoms. The molecule has 0 N–H and O–H groups in total. The van der Waals surface area contributed by atoms with Crippen molar-refractivity contribution in [1.29, 1.82) is 0 Å². The van der Waals surface area contributed by atoms with Crippen LogP contribution in [0.3, 0.4) is 0 Å². The number of alkyl halides is 3. The van der Waals surface area contributed by atoms with E-state index in [1.54, 1.807) is 13.0 Å². The number of carbonyl (C=O) groups is 1. The molecule has 0 aromatic heterocycles. The van der Waals surface area contributed by atoms with Gasteiger partial charge in [-0.3, -0.25) is 4.79 Å². The SMILES string of the molecule is CCCC(=O)OC(c1cc(C)cc(C(F)(F)F)c1)C(C)C. The Hall–Kier alpha value is -1.52. The highest BCUT2D eigenvalue weighted by Crippen LogP contribution is 2.34.